The van der Waals surface area contributed by atoms with Gasteiger partial charge in [-0.3, -0.25) is 4.79 Å². The topological polar surface area (TPSA) is 37.3 Å². The molecule has 1 aromatic carbocycles. The molecule has 0 aromatic heterocycles. The summed E-state index contributed by atoms with van der Waals surface area (Å²) in [4.78, 5) is 11.2. The van der Waals surface area contributed by atoms with Crippen molar-refractivity contribution in [3.8, 4) is 0 Å². The molecule has 0 amide bonds. The zero-order valence-electron chi connectivity index (χ0n) is 10.4. The lowest BCUT2D eigenvalue weighted by Crippen LogP contribution is -2.14. The molecule has 17 heavy (non-hydrogen) atoms. The molecule has 2 nitrogen and oxygen atoms in total. The van der Waals surface area contributed by atoms with Gasteiger partial charge in [0.05, 0.1) is 5.92 Å². The second-order valence-electron chi connectivity index (χ2n) is 4.56. The van der Waals surface area contributed by atoms with E-state index in [1.807, 2.05) is 30.3 Å². The average Bonchev–Trinajstić information content (AvgIpc) is 2.29. The van der Waals surface area contributed by atoms with E-state index in [-0.39, 0.29) is 5.92 Å². The van der Waals surface area contributed by atoms with Gasteiger partial charge in [-0.05, 0) is 23.7 Å². The number of benzene rings is 1. The molecule has 0 saturated carbocycles. The van der Waals surface area contributed by atoms with Crippen LogP contribution in [0.3, 0.4) is 0 Å². The van der Waals surface area contributed by atoms with E-state index in [1.54, 1.807) is 11.8 Å². The maximum absolute atomic E-state index is 11.2. The van der Waals surface area contributed by atoms with E-state index >= 15 is 0 Å². The smallest absolute Gasteiger partial charge is 0.311 e. The standard InChI is InChI=1S/C14H20O2S/c1-11(2)8-9-17-10-13(14(15)16)12-6-4-3-5-7-12/h3-7,11,13H,8-10H2,1-2H3,(H,15,16). The Labute approximate surface area is 107 Å². The molecule has 0 aliphatic carbocycles. The summed E-state index contributed by atoms with van der Waals surface area (Å²) in [5.41, 5.74) is 0.900. The first-order valence-electron chi connectivity index (χ1n) is 5.96. The maximum atomic E-state index is 11.2. The van der Waals surface area contributed by atoms with Crippen LogP contribution in [0.15, 0.2) is 30.3 Å². The minimum Gasteiger partial charge on any atom is -0.481 e. The van der Waals surface area contributed by atoms with E-state index < -0.39 is 5.97 Å². The third kappa shape index (κ3) is 5.26. The Balaban J connectivity index is 2.48. The van der Waals surface area contributed by atoms with E-state index in [1.165, 1.54) is 0 Å². The van der Waals surface area contributed by atoms with Crippen LogP contribution in [0.5, 0.6) is 0 Å². The molecule has 0 aliphatic rings. The largest absolute Gasteiger partial charge is 0.481 e. The van der Waals surface area contributed by atoms with Crippen LogP contribution in [-0.2, 0) is 4.79 Å². The monoisotopic (exact) mass is 252 g/mol. The molecule has 0 heterocycles. The fourth-order valence-electron chi connectivity index (χ4n) is 1.52. The van der Waals surface area contributed by atoms with Gasteiger partial charge < -0.3 is 5.11 Å². The van der Waals surface area contributed by atoms with Crippen LogP contribution in [0.2, 0.25) is 0 Å². The first-order valence-corrected chi connectivity index (χ1v) is 7.12. The van der Waals surface area contributed by atoms with Crippen LogP contribution in [0.4, 0.5) is 0 Å². The van der Waals surface area contributed by atoms with Crippen LogP contribution in [0.25, 0.3) is 0 Å². The number of hydrogen-bond acceptors (Lipinski definition) is 2. The summed E-state index contributed by atoms with van der Waals surface area (Å²) in [6.45, 7) is 4.37. The van der Waals surface area contributed by atoms with E-state index in [4.69, 9.17) is 0 Å². The van der Waals surface area contributed by atoms with Crippen LogP contribution >= 0.6 is 11.8 Å². The van der Waals surface area contributed by atoms with Crippen LogP contribution in [0, 0.1) is 5.92 Å². The van der Waals surface area contributed by atoms with Crippen molar-refractivity contribution in [1.29, 1.82) is 0 Å². The number of carbonyl (C=O) groups is 1. The van der Waals surface area contributed by atoms with E-state index in [9.17, 15) is 9.90 Å². The highest BCUT2D eigenvalue weighted by Gasteiger charge is 2.19. The molecule has 1 aromatic rings. The Bertz CT molecular complexity index is 335. The second-order valence-corrected chi connectivity index (χ2v) is 5.71. The summed E-state index contributed by atoms with van der Waals surface area (Å²) >= 11 is 1.73. The molecule has 1 N–H and O–H groups in total. The summed E-state index contributed by atoms with van der Waals surface area (Å²) in [5, 5.41) is 9.22. The number of carboxylic acid groups (broad SMARTS) is 1. The molecule has 0 bridgehead atoms. The molecular weight excluding hydrogens is 232 g/mol. The van der Waals surface area contributed by atoms with Gasteiger partial charge in [0.1, 0.15) is 0 Å². The van der Waals surface area contributed by atoms with Gasteiger partial charge in [0.25, 0.3) is 0 Å². The Morgan fingerprint density at radius 1 is 1.29 bits per heavy atom. The third-order valence-electron chi connectivity index (χ3n) is 2.62. The van der Waals surface area contributed by atoms with E-state index in [2.05, 4.69) is 13.8 Å². The van der Waals surface area contributed by atoms with Crippen molar-refractivity contribution in [1.82, 2.24) is 0 Å². The zero-order chi connectivity index (χ0) is 12.7. The van der Waals surface area contributed by atoms with Crippen molar-refractivity contribution in [2.45, 2.75) is 26.2 Å². The molecule has 0 saturated heterocycles. The highest BCUT2D eigenvalue weighted by Crippen LogP contribution is 2.22. The normalized spacial score (nSPS) is 12.6. The van der Waals surface area contributed by atoms with Crippen molar-refractivity contribution in [3.05, 3.63) is 35.9 Å². The molecule has 94 valence electrons. The fraction of sp³-hybridized carbons (Fsp3) is 0.500. The quantitative estimate of drug-likeness (QED) is 0.753. The average molecular weight is 252 g/mol. The predicted molar refractivity (Wildman–Crippen MR) is 73.6 cm³/mol. The molecular formula is C14H20O2S. The summed E-state index contributed by atoms with van der Waals surface area (Å²) in [6, 6.07) is 9.48. The van der Waals surface area contributed by atoms with Crippen LogP contribution < -0.4 is 0 Å². The van der Waals surface area contributed by atoms with Gasteiger partial charge in [0.2, 0.25) is 0 Å². The molecule has 1 unspecified atom stereocenters. The number of aliphatic carboxylic acids is 1. The van der Waals surface area contributed by atoms with Crippen molar-refractivity contribution in [2.24, 2.45) is 5.92 Å². The summed E-state index contributed by atoms with van der Waals surface area (Å²) in [7, 11) is 0. The third-order valence-corrected chi connectivity index (χ3v) is 3.72. The van der Waals surface area contributed by atoms with E-state index in [0.29, 0.717) is 11.7 Å². The molecule has 1 rings (SSSR count). The number of carboxylic acids is 1. The minimum absolute atomic E-state index is 0.381. The van der Waals surface area contributed by atoms with Crippen LogP contribution in [-0.4, -0.2) is 22.6 Å². The lowest BCUT2D eigenvalue weighted by atomic mass is 10.0. The Morgan fingerprint density at radius 3 is 2.47 bits per heavy atom. The van der Waals surface area contributed by atoms with Gasteiger partial charge in [0, 0.05) is 5.75 Å². The molecule has 0 radical (unpaired) electrons. The fourth-order valence-corrected chi connectivity index (χ4v) is 2.89. The molecule has 0 fully saturated rings. The Morgan fingerprint density at radius 2 is 1.94 bits per heavy atom. The van der Waals surface area contributed by atoms with E-state index in [0.717, 1.165) is 17.7 Å². The van der Waals surface area contributed by atoms with Gasteiger partial charge in [-0.15, -0.1) is 0 Å². The van der Waals surface area contributed by atoms with Crippen molar-refractivity contribution in [2.75, 3.05) is 11.5 Å². The molecule has 0 spiro atoms. The van der Waals surface area contributed by atoms with Crippen LogP contribution in [0.1, 0.15) is 31.7 Å². The van der Waals surface area contributed by atoms with Gasteiger partial charge in [-0.25, -0.2) is 0 Å². The first-order chi connectivity index (χ1) is 8.11. The number of hydrogen-bond donors (Lipinski definition) is 1. The summed E-state index contributed by atoms with van der Waals surface area (Å²) < 4.78 is 0. The number of thioether (sulfide) groups is 1. The predicted octanol–water partition coefficient (Wildman–Crippen LogP) is 3.63. The summed E-state index contributed by atoms with van der Waals surface area (Å²) in [6.07, 6.45) is 1.14. The van der Waals surface area contributed by atoms with Gasteiger partial charge in [-0.2, -0.15) is 11.8 Å². The zero-order valence-corrected chi connectivity index (χ0v) is 11.2. The highest BCUT2D eigenvalue weighted by molar-refractivity contribution is 7.99. The van der Waals surface area contributed by atoms with Gasteiger partial charge in [0.15, 0.2) is 0 Å². The Hall–Kier alpha value is -0.960. The molecule has 3 heteroatoms. The SMILES string of the molecule is CC(C)CCSCC(C(=O)O)c1ccccc1. The number of rotatable bonds is 7. The lowest BCUT2D eigenvalue weighted by Gasteiger charge is -2.12. The lowest BCUT2D eigenvalue weighted by molar-refractivity contribution is -0.138. The minimum atomic E-state index is -0.728. The van der Waals surface area contributed by atoms with Crippen molar-refractivity contribution < 1.29 is 9.90 Å². The molecule has 1 atom stereocenters. The van der Waals surface area contributed by atoms with Crippen molar-refractivity contribution in [3.63, 3.8) is 0 Å². The Kier molecular flexibility index (Phi) is 6.12. The second kappa shape index (κ2) is 7.38. The van der Waals surface area contributed by atoms with Gasteiger partial charge in [-0.1, -0.05) is 44.2 Å². The maximum Gasteiger partial charge on any atom is 0.311 e. The van der Waals surface area contributed by atoms with Crippen molar-refractivity contribution >= 4 is 17.7 Å². The van der Waals surface area contributed by atoms with Gasteiger partial charge >= 0.3 is 5.97 Å². The first kappa shape index (κ1) is 14.1. The highest BCUT2D eigenvalue weighted by atomic mass is 32.2. The summed E-state index contributed by atoms with van der Waals surface area (Å²) in [5.74, 6) is 1.27. The molecule has 0 aliphatic heterocycles.